The molecule has 0 aliphatic heterocycles. The van der Waals surface area contributed by atoms with Crippen LogP contribution in [0.5, 0.6) is 5.75 Å². The van der Waals surface area contributed by atoms with Gasteiger partial charge in [-0.25, -0.2) is 0 Å². The van der Waals surface area contributed by atoms with Gasteiger partial charge in [0.15, 0.2) is 6.61 Å². The van der Waals surface area contributed by atoms with Gasteiger partial charge in [0.05, 0.1) is 11.8 Å². The second kappa shape index (κ2) is 7.31. The highest BCUT2D eigenvalue weighted by Crippen LogP contribution is 2.17. The monoisotopic (exact) mass is 302 g/mol. The number of ether oxygens (including phenoxy) is 1. The molecule has 2 aromatic rings. The minimum Gasteiger partial charge on any atom is -0.483 e. The number of aryl methyl sites for hydroxylation is 2. The molecule has 1 heterocycles. The first-order valence-corrected chi connectivity index (χ1v) is 6.95. The normalized spacial score (nSPS) is 10.1. The van der Waals surface area contributed by atoms with Crippen molar-refractivity contribution in [1.29, 1.82) is 0 Å². The Hall–Kier alpha value is -2.76. The fraction of sp³-hybridized carbons (Fsp3) is 0.250. The van der Waals surface area contributed by atoms with Gasteiger partial charge in [-0.2, -0.15) is 0 Å². The molecule has 0 spiro atoms. The maximum atomic E-state index is 11.8. The number of carbonyl (C=O) groups excluding carboxylic acids is 2. The molecular formula is C16H18N2O4. The lowest BCUT2D eigenvalue weighted by molar-refractivity contribution is -0.123. The first-order valence-electron chi connectivity index (χ1n) is 6.95. The summed E-state index contributed by atoms with van der Waals surface area (Å²) in [5, 5.41) is 0. The van der Waals surface area contributed by atoms with E-state index in [1.165, 1.54) is 12.3 Å². The molecular weight excluding hydrogens is 284 g/mol. The molecule has 6 heteroatoms. The Kier molecular flexibility index (Phi) is 5.19. The SMILES string of the molecule is CCc1ccccc1OCC(=O)NNC(=O)c1ccoc1C. The molecule has 0 saturated carbocycles. The summed E-state index contributed by atoms with van der Waals surface area (Å²) in [5.41, 5.74) is 6.01. The highest BCUT2D eigenvalue weighted by molar-refractivity contribution is 5.96. The third kappa shape index (κ3) is 3.88. The Morgan fingerprint density at radius 3 is 2.64 bits per heavy atom. The molecule has 116 valence electrons. The van der Waals surface area contributed by atoms with Crippen LogP contribution < -0.4 is 15.6 Å². The second-order valence-corrected chi connectivity index (χ2v) is 4.64. The average Bonchev–Trinajstić information content (AvgIpc) is 2.97. The van der Waals surface area contributed by atoms with E-state index < -0.39 is 11.8 Å². The van der Waals surface area contributed by atoms with Crippen LogP contribution in [0.4, 0.5) is 0 Å². The molecule has 0 aliphatic carbocycles. The summed E-state index contributed by atoms with van der Waals surface area (Å²) in [7, 11) is 0. The maximum absolute atomic E-state index is 11.8. The van der Waals surface area contributed by atoms with Crippen LogP contribution in [-0.2, 0) is 11.2 Å². The van der Waals surface area contributed by atoms with Crippen molar-refractivity contribution in [3.05, 3.63) is 53.5 Å². The average molecular weight is 302 g/mol. The number of benzene rings is 1. The summed E-state index contributed by atoms with van der Waals surface area (Å²) in [6.45, 7) is 3.50. The fourth-order valence-electron chi connectivity index (χ4n) is 1.93. The molecule has 1 aromatic carbocycles. The van der Waals surface area contributed by atoms with E-state index in [-0.39, 0.29) is 6.61 Å². The van der Waals surface area contributed by atoms with Crippen molar-refractivity contribution in [1.82, 2.24) is 10.9 Å². The van der Waals surface area contributed by atoms with Gasteiger partial charge in [-0.15, -0.1) is 0 Å². The summed E-state index contributed by atoms with van der Waals surface area (Å²) in [5.74, 6) is 0.269. The van der Waals surface area contributed by atoms with E-state index in [1.807, 2.05) is 25.1 Å². The molecule has 0 saturated heterocycles. The van der Waals surface area contributed by atoms with Crippen LogP contribution >= 0.6 is 0 Å². The number of para-hydroxylation sites is 1. The van der Waals surface area contributed by atoms with E-state index in [4.69, 9.17) is 9.15 Å². The summed E-state index contributed by atoms with van der Waals surface area (Å²) < 4.78 is 10.5. The van der Waals surface area contributed by atoms with Crippen molar-refractivity contribution >= 4 is 11.8 Å². The highest BCUT2D eigenvalue weighted by Gasteiger charge is 2.12. The van der Waals surface area contributed by atoms with Gasteiger partial charge < -0.3 is 9.15 Å². The number of rotatable bonds is 5. The first kappa shape index (κ1) is 15.6. The van der Waals surface area contributed by atoms with Crippen LogP contribution in [0.2, 0.25) is 0 Å². The predicted octanol–water partition coefficient (Wildman–Crippen LogP) is 1.99. The molecule has 0 fully saturated rings. The van der Waals surface area contributed by atoms with Gasteiger partial charge in [0.25, 0.3) is 11.8 Å². The second-order valence-electron chi connectivity index (χ2n) is 4.64. The van der Waals surface area contributed by atoms with Crippen LogP contribution in [-0.4, -0.2) is 18.4 Å². The molecule has 0 atom stereocenters. The van der Waals surface area contributed by atoms with Crippen LogP contribution in [0.3, 0.4) is 0 Å². The molecule has 2 amide bonds. The summed E-state index contributed by atoms with van der Waals surface area (Å²) >= 11 is 0. The van der Waals surface area contributed by atoms with Crippen molar-refractivity contribution in [3.63, 3.8) is 0 Å². The third-order valence-electron chi connectivity index (χ3n) is 3.13. The summed E-state index contributed by atoms with van der Waals surface area (Å²) in [4.78, 5) is 23.5. The van der Waals surface area contributed by atoms with Gasteiger partial charge in [0.2, 0.25) is 0 Å². The molecule has 1 aromatic heterocycles. The van der Waals surface area contributed by atoms with Crippen molar-refractivity contribution < 1.29 is 18.7 Å². The standard InChI is InChI=1S/C16H18N2O4/c1-3-12-6-4-5-7-14(12)22-10-15(19)17-18-16(20)13-8-9-21-11(13)2/h4-9H,3,10H2,1-2H3,(H,17,19)(H,18,20). The van der Waals surface area contributed by atoms with Crippen LogP contribution in [0.25, 0.3) is 0 Å². The Bertz CT molecular complexity index is 664. The van der Waals surface area contributed by atoms with Gasteiger partial charge in [0, 0.05) is 0 Å². The lowest BCUT2D eigenvalue weighted by Crippen LogP contribution is -2.43. The molecule has 22 heavy (non-hydrogen) atoms. The van der Waals surface area contributed by atoms with Gasteiger partial charge in [0.1, 0.15) is 11.5 Å². The molecule has 2 rings (SSSR count). The number of hydrogen-bond donors (Lipinski definition) is 2. The van der Waals surface area contributed by atoms with Crippen molar-refractivity contribution in [2.45, 2.75) is 20.3 Å². The number of furan rings is 1. The molecule has 0 bridgehead atoms. The van der Waals surface area contributed by atoms with Crippen molar-refractivity contribution in [3.8, 4) is 5.75 Å². The van der Waals surface area contributed by atoms with Gasteiger partial charge in [-0.3, -0.25) is 20.4 Å². The van der Waals surface area contributed by atoms with Crippen molar-refractivity contribution in [2.24, 2.45) is 0 Å². The Labute approximate surface area is 128 Å². The molecule has 0 unspecified atom stereocenters. The molecule has 0 radical (unpaired) electrons. The summed E-state index contributed by atoms with van der Waals surface area (Å²) in [6, 6.07) is 9.04. The van der Waals surface area contributed by atoms with Gasteiger partial charge >= 0.3 is 0 Å². The van der Waals surface area contributed by atoms with Gasteiger partial charge in [-0.05, 0) is 31.0 Å². The van der Waals surface area contributed by atoms with E-state index in [1.54, 1.807) is 13.0 Å². The van der Waals surface area contributed by atoms with E-state index >= 15 is 0 Å². The van der Waals surface area contributed by atoms with Crippen molar-refractivity contribution in [2.75, 3.05) is 6.61 Å². The van der Waals surface area contributed by atoms with Gasteiger partial charge in [-0.1, -0.05) is 25.1 Å². The highest BCUT2D eigenvalue weighted by atomic mass is 16.5. The first-order chi connectivity index (χ1) is 10.6. The number of amides is 2. The number of hydrazine groups is 1. The molecule has 0 aliphatic rings. The maximum Gasteiger partial charge on any atom is 0.276 e. The van der Waals surface area contributed by atoms with Crippen LogP contribution in [0, 0.1) is 6.92 Å². The lowest BCUT2D eigenvalue weighted by atomic mass is 10.1. The van der Waals surface area contributed by atoms with Crippen LogP contribution in [0.15, 0.2) is 41.0 Å². The predicted molar refractivity (Wildman–Crippen MR) is 80.4 cm³/mol. The number of carbonyl (C=O) groups is 2. The Balaban J connectivity index is 1.81. The number of nitrogens with one attached hydrogen (secondary N) is 2. The van der Waals surface area contributed by atoms with E-state index in [0.717, 1.165) is 12.0 Å². The van der Waals surface area contributed by atoms with E-state index in [9.17, 15) is 9.59 Å². The van der Waals surface area contributed by atoms with E-state index in [2.05, 4.69) is 10.9 Å². The fourth-order valence-corrected chi connectivity index (χ4v) is 1.93. The zero-order valence-corrected chi connectivity index (χ0v) is 12.5. The molecule has 2 N–H and O–H groups in total. The van der Waals surface area contributed by atoms with E-state index in [0.29, 0.717) is 17.1 Å². The summed E-state index contributed by atoms with van der Waals surface area (Å²) in [6.07, 6.45) is 2.23. The topological polar surface area (TPSA) is 80.6 Å². The zero-order valence-electron chi connectivity index (χ0n) is 12.5. The Morgan fingerprint density at radius 2 is 1.95 bits per heavy atom. The minimum absolute atomic E-state index is 0.179. The lowest BCUT2D eigenvalue weighted by Gasteiger charge is -2.11. The Morgan fingerprint density at radius 1 is 1.18 bits per heavy atom. The third-order valence-corrected chi connectivity index (χ3v) is 3.13. The van der Waals surface area contributed by atoms with Crippen LogP contribution in [0.1, 0.15) is 28.6 Å². The zero-order chi connectivity index (χ0) is 15.9. The quantitative estimate of drug-likeness (QED) is 0.828. The largest absolute Gasteiger partial charge is 0.483 e. The number of hydrogen-bond acceptors (Lipinski definition) is 4. The minimum atomic E-state index is -0.444. The smallest absolute Gasteiger partial charge is 0.276 e. The molecule has 6 nitrogen and oxygen atoms in total.